The molecule has 25 heavy (non-hydrogen) atoms. The summed E-state index contributed by atoms with van der Waals surface area (Å²) < 4.78 is 0. The van der Waals surface area contributed by atoms with Crippen molar-refractivity contribution in [1.29, 1.82) is 0 Å². The summed E-state index contributed by atoms with van der Waals surface area (Å²) in [7, 11) is 0. The number of para-hydroxylation sites is 2. The fourth-order valence-electron chi connectivity index (χ4n) is 2.29. The number of nitrogens with one attached hydrogen (secondary N) is 1. The van der Waals surface area contributed by atoms with Crippen LogP contribution in [0.1, 0.15) is 16.2 Å². The largest absolute Gasteiger partial charge is 0.319 e. The van der Waals surface area contributed by atoms with Crippen LogP contribution in [0, 0.1) is 6.92 Å². The van der Waals surface area contributed by atoms with Gasteiger partial charge in [-0.15, -0.1) is 23.4 Å². The molecule has 126 valence electrons. The number of amides is 1. The van der Waals surface area contributed by atoms with E-state index >= 15 is 0 Å². The number of aromatic nitrogens is 3. The summed E-state index contributed by atoms with van der Waals surface area (Å²) in [6.07, 6.45) is 1.83. The number of hydrogen-bond acceptors (Lipinski definition) is 4. The molecule has 3 rings (SSSR count). The van der Waals surface area contributed by atoms with Crippen LogP contribution in [-0.2, 0) is 0 Å². The van der Waals surface area contributed by atoms with E-state index in [0.717, 1.165) is 22.0 Å². The van der Waals surface area contributed by atoms with Crippen LogP contribution in [0.2, 0.25) is 0 Å². The minimum absolute atomic E-state index is 0.272. The molecular formula is C19H18N4OS. The van der Waals surface area contributed by atoms with Crippen LogP contribution in [0.4, 0.5) is 5.69 Å². The lowest BCUT2D eigenvalue weighted by atomic mass is 10.3. The Balaban J connectivity index is 1.83. The van der Waals surface area contributed by atoms with Crippen molar-refractivity contribution >= 4 is 23.4 Å². The summed E-state index contributed by atoms with van der Waals surface area (Å²) >= 11 is 1.62. The second-order valence-electron chi connectivity index (χ2n) is 5.31. The van der Waals surface area contributed by atoms with Crippen LogP contribution in [0.15, 0.2) is 72.1 Å². The number of nitrogens with zero attached hydrogens (tertiary/aromatic N) is 3. The first-order chi connectivity index (χ1) is 12.2. The molecule has 1 amide bonds. The molecule has 1 N–H and O–H groups in total. The predicted molar refractivity (Wildman–Crippen MR) is 101 cm³/mol. The topological polar surface area (TPSA) is 59.8 Å². The van der Waals surface area contributed by atoms with Crippen LogP contribution < -0.4 is 5.32 Å². The molecule has 3 aromatic rings. The van der Waals surface area contributed by atoms with Gasteiger partial charge in [0.2, 0.25) is 0 Å². The van der Waals surface area contributed by atoms with Crippen LogP contribution >= 0.6 is 11.8 Å². The normalized spacial score (nSPS) is 10.4. The smallest absolute Gasteiger partial charge is 0.278 e. The van der Waals surface area contributed by atoms with Crippen molar-refractivity contribution in [3.63, 3.8) is 0 Å². The minimum atomic E-state index is -0.272. The molecular weight excluding hydrogens is 332 g/mol. The van der Waals surface area contributed by atoms with Gasteiger partial charge < -0.3 is 5.32 Å². The van der Waals surface area contributed by atoms with Gasteiger partial charge in [0.25, 0.3) is 5.91 Å². The second kappa shape index (κ2) is 7.81. The molecule has 0 aliphatic carbocycles. The van der Waals surface area contributed by atoms with Gasteiger partial charge in [0.1, 0.15) is 0 Å². The third-order valence-electron chi connectivity index (χ3n) is 3.48. The molecule has 6 heteroatoms. The fraction of sp³-hybridized carbons (Fsp3) is 0.105. The minimum Gasteiger partial charge on any atom is -0.319 e. The standard InChI is InChI=1S/C19H18N4OS/c1-3-13-25-17-12-8-7-11-16(17)20-19(24)18-14(2)21-23(22-18)15-9-5-4-6-10-15/h3-12H,1,13H2,2H3,(H,20,24). The number of hydrogen-bond donors (Lipinski definition) is 1. The molecule has 5 nitrogen and oxygen atoms in total. The van der Waals surface area contributed by atoms with Gasteiger partial charge in [-0.3, -0.25) is 4.79 Å². The number of rotatable bonds is 6. The highest BCUT2D eigenvalue weighted by molar-refractivity contribution is 7.99. The van der Waals surface area contributed by atoms with Crippen LogP contribution in [0.25, 0.3) is 5.69 Å². The van der Waals surface area contributed by atoms with Crippen molar-refractivity contribution in [2.75, 3.05) is 11.1 Å². The first-order valence-electron chi connectivity index (χ1n) is 7.82. The summed E-state index contributed by atoms with van der Waals surface area (Å²) in [5.41, 5.74) is 2.46. The van der Waals surface area contributed by atoms with Crippen LogP contribution in [0.3, 0.4) is 0 Å². The Morgan fingerprint density at radius 1 is 1.16 bits per heavy atom. The molecule has 1 heterocycles. The van der Waals surface area contributed by atoms with E-state index in [1.807, 2.05) is 60.7 Å². The van der Waals surface area contributed by atoms with Gasteiger partial charge >= 0.3 is 0 Å². The van der Waals surface area contributed by atoms with E-state index in [0.29, 0.717) is 11.4 Å². The van der Waals surface area contributed by atoms with E-state index in [1.165, 1.54) is 4.80 Å². The average Bonchev–Trinajstić information content (AvgIpc) is 3.03. The molecule has 2 aromatic carbocycles. The van der Waals surface area contributed by atoms with Crippen molar-refractivity contribution in [3.05, 3.63) is 78.6 Å². The van der Waals surface area contributed by atoms with E-state index < -0.39 is 0 Å². The van der Waals surface area contributed by atoms with Gasteiger partial charge in [0.05, 0.1) is 17.1 Å². The molecule has 0 saturated heterocycles. The van der Waals surface area contributed by atoms with Crippen molar-refractivity contribution in [2.24, 2.45) is 0 Å². The second-order valence-corrected chi connectivity index (χ2v) is 6.37. The van der Waals surface area contributed by atoms with Crippen molar-refractivity contribution in [1.82, 2.24) is 15.0 Å². The number of anilines is 1. The SMILES string of the molecule is C=CCSc1ccccc1NC(=O)c1nn(-c2ccccc2)nc1C. The van der Waals surface area contributed by atoms with E-state index in [1.54, 1.807) is 18.7 Å². The average molecular weight is 350 g/mol. The fourth-order valence-corrected chi connectivity index (χ4v) is 3.04. The Hall–Kier alpha value is -2.86. The number of carbonyl (C=O) groups is 1. The van der Waals surface area contributed by atoms with E-state index in [2.05, 4.69) is 22.1 Å². The van der Waals surface area contributed by atoms with Gasteiger partial charge in [0, 0.05) is 10.6 Å². The van der Waals surface area contributed by atoms with E-state index in [4.69, 9.17) is 0 Å². The monoisotopic (exact) mass is 350 g/mol. The summed E-state index contributed by atoms with van der Waals surface area (Å²) in [6.45, 7) is 5.51. The summed E-state index contributed by atoms with van der Waals surface area (Å²) in [4.78, 5) is 15.1. The Morgan fingerprint density at radius 3 is 2.64 bits per heavy atom. The maximum atomic E-state index is 12.6. The Morgan fingerprint density at radius 2 is 1.88 bits per heavy atom. The molecule has 0 fully saturated rings. The molecule has 0 atom stereocenters. The highest BCUT2D eigenvalue weighted by atomic mass is 32.2. The zero-order valence-electron chi connectivity index (χ0n) is 13.8. The lowest BCUT2D eigenvalue weighted by Crippen LogP contribution is -2.14. The molecule has 0 aliphatic heterocycles. The van der Waals surface area contributed by atoms with Crippen LogP contribution in [0.5, 0.6) is 0 Å². The third kappa shape index (κ3) is 3.97. The van der Waals surface area contributed by atoms with Crippen LogP contribution in [-0.4, -0.2) is 26.7 Å². The highest BCUT2D eigenvalue weighted by Gasteiger charge is 2.17. The molecule has 0 radical (unpaired) electrons. The van der Waals surface area contributed by atoms with Gasteiger partial charge in [-0.05, 0) is 31.2 Å². The zero-order valence-corrected chi connectivity index (χ0v) is 14.7. The maximum Gasteiger partial charge on any atom is 0.278 e. The molecule has 0 unspecified atom stereocenters. The van der Waals surface area contributed by atoms with Crippen molar-refractivity contribution in [3.8, 4) is 5.69 Å². The lowest BCUT2D eigenvalue weighted by Gasteiger charge is -2.09. The zero-order chi connectivity index (χ0) is 17.6. The first kappa shape index (κ1) is 17.0. The number of benzene rings is 2. The molecule has 0 aliphatic rings. The van der Waals surface area contributed by atoms with Gasteiger partial charge in [-0.1, -0.05) is 36.4 Å². The van der Waals surface area contributed by atoms with Crippen molar-refractivity contribution in [2.45, 2.75) is 11.8 Å². The Kier molecular flexibility index (Phi) is 5.30. The highest BCUT2D eigenvalue weighted by Crippen LogP contribution is 2.27. The molecule has 0 saturated carbocycles. The first-order valence-corrected chi connectivity index (χ1v) is 8.81. The van der Waals surface area contributed by atoms with E-state index in [-0.39, 0.29) is 5.91 Å². The number of carbonyl (C=O) groups excluding carboxylic acids is 1. The van der Waals surface area contributed by atoms with Gasteiger partial charge in [-0.25, -0.2) is 0 Å². The summed E-state index contributed by atoms with van der Waals surface area (Å²) in [6, 6.07) is 17.2. The summed E-state index contributed by atoms with van der Waals surface area (Å²) in [5, 5.41) is 11.6. The Bertz CT molecular complexity index is 889. The summed E-state index contributed by atoms with van der Waals surface area (Å²) in [5.74, 6) is 0.502. The molecule has 0 bridgehead atoms. The van der Waals surface area contributed by atoms with Gasteiger partial charge in [-0.2, -0.15) is 9.90 Å². The molecule has 1 aromatic heterocycles. The Labute approximate surface area is 150 Å². The number of aryl methyl sites for hydroxylation is 1. The van der Waals surface area contributed by atoms with Gasteiger partial charge in [0.15, 0.2) is 5.69 Å². The predicted octanol–water partition coefficient (Wildman–Crippen LogP) is 4.11. The number of thioether (sulfide) groups is 1. The lowest BCUT2D eigenvalue weighted by molar-refractivity contribution is 0.102. The maximum absolute atomic E-state index is 12.6. The quantitative estimate of drug-likeness (QED) is 0.537. The van der Waals surface area contributed by atoms with Crippen molar-refractivity contribution < 1.29 is 4.79 Å². The third-order valence-corrected chi connectivity index (χ3v) is 4.55. The van der Waals surface area contributed by atoms with E-state index in [9.17, 15) is 4.79 Å². The molecule has 0 spiro atoms.